The number of hydrogen-bond acceptors (Lipinski definition) is 4. The molecule has 0 spiro atoms. The predicted molar refractivity (Wildman–Crippen MR) is 71.1 cm³/mol. The molecule has 4 nitrogen and oxygen atoms in total. The summed E-state index contributed by atoms with van der Waals surface area (Å²) < 4.78 is 5.57. The fourth-order valence-electron chi connectivity index (χ4n) is 1.52. The number of halogens is 1. The van der Waals surface area contributed by atoms with E-state index in [0.717, 1.165) is 10.0 Å². The van der Waals surface area contributed by atoms with E-state index in [0.29, 0.717) is 5.56 Å². The lowest BCUT2D eigenvalue weighted by Crippen LogP contribution is -2.23. The van der Waals surface area contributed by atoms with Crippen LogP contribution < -0.4 is 0 Å². The summed E-state index contributed by atoms with van der Waals surface area (Å²) >= 11 is 3.35. The number of carbonyl (C=O) groups is 1. The van der Waals surface area contributed by atoms with E-state index in [-0.39, 0.29) is 13.0 Å². The highest BCUT2D eigenvalue weighted by molar-refractivity contribution is 9.10. The average molecular weight is 317 g/mol. The fraction of sp³-hybridized carbons (Fsp3) is 0.462. The number of hydrogen-bond donors (Lipinski definition) is 2. The molecule has 0 bridgehead atoms. The van der Waals surface area contributed by atoms with Crippen molar-refractivity contribution in [1.82, 2.24) is 0 Å². The van der Waals surface area contributed by atoms with Crippen LogP contribution in [0.25, 0.3) is 0 Å². The molecule has 1 rings (SSSR count). The van der Waals surface area contributed by atoms with Crippen molar-refractivity contribution in [2.75, 3.05) is 6.61 Å². The third-order valence-corrected chi connectivity index (χ3v) is 3.44. The summed E-state index contributed by atoms with van der Waals surface area (Å²) in [6.45, 7) is 3.88. The molecule has 0 radical (unpaired) electrons. The number of benzene rings is 1. The first kappa shape index (κ1) is 15.1. The average Bonchev–Trinajstić information content (AvgIpc) is 2.32. The summed E-state index contributed by atoms with van der Waals surface area (Å²) in [5, 5.41) is 19.7. The van der Waals surface area contributed by atoms with Crippen molar-refractivity contribution < 1.29 is 19.7 Å². The van der Waals surface area contributed by atoms with Gasteiger partial charge in [-0.1, -0.05) is 28.1 Å². The van der Waals surface area contributed by atoms with E-state index >= 15 is 0 Å². The van der Waals surface area contributed by atoms with Gasteiger partial charge in [0.15, 0.2) is 0 Å². The molecule has 1 aromatic rings. The molecule has 0 fully saturated rings. The second kappa shape index (κ2) is 6.87. The molecule has 0 aliphatic carbocycles. The molecule has 1 aromatic carbocycles. The summed E-state index contributed by atoms with van der Waals surface area (Å²) in [7, 11) is 0. The van der Waals surface area contributed by atoms with Gasteiger partial charge in [-0.3, -0.25) is 4.79 Å². The van der Waals surface area contributed by atoms with E-state index in [4.69, 9.17) is 4.74 Å². The summed E-state index contributed by atoms with van der Waals surface area (Å²) in [4.78, 5) is 11.2. The van der Waals surface area contributed by atoms with Crippen molar-refractivity contribution >= 4 is 21.9 Å². The second-order valence-corrected chi connectivity index (χ2v) is 4.88. The van der Waals surface area contributed by atoms with Crippen molar-refractivity contribution in [3.8, 4) is 0 Å². The van der Waals surface area contributed by atoms with E-state index in [1.807, 2.05) is 13.0 Å². The first-order valence-corrected chi connectivity index (χ1v) is 6.52. The summed E-state index contributed by atoms with van der Waals surface area (Å²) in [6.07, 6.45) is -2.49. The zero-order valence-corrected chi connectivity index (χ0v) is 12.0. The SMILES string of the molecule is CCOC(=O)CC(O)C(O)c1ccc(C)c(Br)c1. The third-order valence-electron chi connectivity index (χ3n) is 2.58. The van der Waals surface area contributed by atoms with E-state index < -0.39 is 18.2 Å². The van der Waals surface area contributed by atoms with Crippen LogP contribution in [-0.4, -0.2) is 28.9 Å². The predicted octanol–water partition coefficient (Wildman–Crippen LogP) is 2.11. The summed E-state index contributed by atoms with van der Waals surface area (Å²) in [5.74, 6) is -0.518. The fourth-order valence-corrected chi connectivity index (χ4v) is 1.91. The molecule has 0 saturated carbocycles. The molecule has 0 saturated heterocycles. The number of aliphatic hydroxyl groups is 2. The van der Waals surface area contributed by atoms with Gasteiger partial charge in [-0.25, -0.2) is 0 Å². The van der Waals surface area contributed by atoms with Crippen molar-refractivity contribution in [3.05, 3.63) is 33.8 Å². The van der Waals surface area contributed by atoms with Crippen LogP contribution in [0.2, 0.25) is 0 Å². The Kier molecular flexibility index (Phi) is 5.78. The molecule has 2 unspecified atom stereocenters. The van der Waals surface area contributed by atoms with Gasteiger partial charge >= 0.3 is 5.97 Å². The van der Waals surface area contributed by atoms with E-state index in [1.165, 1.54) is 0 Å². The number of ether oxygens (including phenoxy) is 1. The maximum atomic E-state index is 11.2. The van der Waals surface area contributed by atoms with Crippen LogP contribution in [0.3, 0.4) is 0 Å². The first-order chi connectivity index (χ1) is 8.45. The number of aryl methyl sites for hydroxylation is 1. The standard InChI is InChI=1S/C13H17BrO4/c1-3-18-12(16)7-11(15)13(17)9-5-4-8(2)10(14)6-9/h4-6,11,13,15,17H,3,7H2,1-2H3. The zero-order valence-electron chi connectivity index (χ0n) is 10.4. The quantitative estimate of drug-likeness (QED) is 0.816. The van der Waals surface area contributed by atoms with Crippen LogP contribution in [0.5, 0.6) is 0 Å². The van der Waals surface area contributed by atoms with Crippen molar-refractivity contribution in [2.45, 2.75) is 32.5 Å². The Morgan fingerprint density at radius 3 is 2.67 bits per heavy atom. The molecule has 0 aliphatic rings. The van der Waals surface area contributed by atoms with Crippen LogP contribution >= 0.6 is 15.9 Å². The Morgan fingerprint density at radius 2 is 2.11 bits per heavy atom. The minimum Gasteiger partial charge on any atom is -0.466 e. The molecule has 100 valence electrons. The largest absolute Gasteiger partial charge is 0.466 e. The van der Waals surface area contributed by atoms with Gasteiger partial charge in [-0.2, -0.15) is 0 Å². The lowest BCUT2D eigenvalue weighted by molar-refractivity contribution is -0.147. The van der Waals surface area contributed by atoms with Crippen LogP contribution in [0.4, 0.5) is 0 Å². The van der Waals surface area contributed by atoms with E-state index in [1.54, 1.807) is 19.1 Å². The van der Waals surface area contributed by atoms with Gasteiger partial charge in [0.25, 0.3) is 0 Å². The minimum atomic E-state index is -1.17. The molecule has 0 aliphatic heterocycles. The molecular formula is C13H17BrO4. The molecule has 0 amide bonds. The van der Waals surface area contributed by atoms with Gasteiger partial charge in [-0.05, 0) is 31.0 Å². The number of carbonyl (C=O) groups excluding carboxylic acids is 1. The number of esters is 1. The summed E-state index contributed by atoms with van der Waals surface area (Å²) in [6, 6.07) is 5.28. The van der Waals surface area contributed by atoms with Gasteiger partial charge in [0.2, 0.25) is 0 Å². The summed E-state index contributed by atoms with van der Waals surface area (Å²) in [5.41, 5.74) is 1.59. The number of rotatable bonds is 5. The maximum Gasteiger partial charge on any atom is 0.308 e. The highest BCUT2D eigenvalue weighted by Gasteiger charge is 2.22. The van der Waals surface area contributed by atoms with Gasteiger partial charge in [0.1, 0.15) is 6.10 Å². The monoisotopic (exact) mass is 316 g/mol. The molecule has 2 N–H and O–H groups in total. The Balaban J connectivity index is 2.70. The minimum absolute atomic E-state index is 0.222. The molecule has 5 heteroatoms. The van der Waals surface area contributed by atoms with Gasteiger partial charge in [-0.15, -0.1) is 0 Å². The van der Waals surface area contributed by atoms with Gasteiger partial charge in [0, 0.05) is 4.47 Å². The lowest BCUT2D eigenvalue weighted by atomic mass is 10.0. The number of aliphatic hydroxyl groups excluding tert-OH is 2. The van der Waals surface area contributed by atoms with Crippen LogP contribution in [-0.2, 0) is 9.53 Å². The van der Waals surface area contributed by atoms with Crippen LogP contribution in [0, 0.1) is 6.92 Å². The zero-order chi connectivity index (χ0) is 13.7. The maximum absolute atomic E-state index is 11.2. The van der Waals surface area contributed by atoms with Crippen molar-refractivity contribution in [2.24, 2.45) is 0 Å². The Morgan fingerprint density at radius 1 is 1.44 bits per heavy atom. The van der Waals surface area contributed by atoms with Crippen LogP contribution in [0.1, 0.15) is 30.6 Å². The third kappa shape index (κ3) is 4.08. The van der Waals surface area contributed by atoms with E-state index in [2.05, 4.69) is 15.9 Å². The van der Waals surface area contributed by atoms with Crippen LogP contribution in [0.15, 0.2) is 22.7 Å². The second-order valence-electron chi connectivity index (χ2n) is 4.03. The van der Waals surface area contributed by atoms with Crippen molar-refractivity contribution in [3.63, 3.8) is 0 Å². The molecule has 2 atom stereocenters. The van der Waals surface area contributed by atoms with Gasteiger partial charge < -0.3 is 14.9 Å². The Labute approximate surface area is 115 Å². The Hall–Kier alpha value is -0.910. The van der Waals surface area contributed by atoms with Crippen molar-refractivity contribution in [1.29, 1.82) is 0 Å². The molecular weight excluding hydrogens is 300 g/mol. The molecule has 0 heterocycles. The molecule has 0 aromatic heterocycles. The lowest BCUT2D eigenvalue weighted by Gasteiger charge is -2.18. The highest BCUT2D eigenvalue weighted by atomic mass is 79.9. The topological polar surface area (TPSA) is 66.8 Å². The Bertz CT molecular complexity index is 419. The smallest absolute Gasteiger partial charge is 0.308 e. The van der Waals surface area contributed by atoms with Gasteiger partial charge in [0.05, 0.1) is 19.1 Å². The highest BCUT2D eigenvalue weighted by Crippen LogP contribution is 2.24. The normalized spacial score (nSPS) is 14.1. The van der Waals surface area contributed by atoms with E-state index in [9.17, 15) is 15.0 Å². The molecule has 18 heavy (non-hydrogen) atoms. The first-order valence-electron chi connectivity index (χ1n) is 5.73.